The number of nitrogens with zero attached hydrogens (tertiary/aromatic N) is 1. The SMILES string of the molecule is O=C1CCCC2=C1[C@@H](c1ccco1)c1c([nH]n(-c3ccccc3)c1=O)N2. The molecule has 1 aliphatic heterocycles. The minimum atomic E-state index is -0.474. The number of Topliss-reactive ketones (excluding diaryl/α,β-unsaturated/α-hetero) is 1. The summed E-state index contributed by atoms with van der Waals surface area (Å²) in [6.07, 6.45) is 3.68. The van der Waals surface area contributed by atoms with Crippen molar-refractivity contribution >= 4 is 11.6 Å². The van der Waals surface area contributed by atoms with Gasteiger partial charge in [0, 0.05) is 17.7 Å². The van der Waals surface area contributed by atoms with E-state index in [-0.39, 0.29) is 11.3 Å². The lowest BCUT2D eigenvalue weighted by Gasteiger charge is -2.29. The van der Waals surface area contributed by atoms with E-state index in [1.165, 1.54) is 4.68 Å². The number of aromatic amines is 1. The second-order valence-electron chi connectivity index (χ2n) is 6.62. The third-order valence-electron chi connectivity index (χ3n) is 5.08. The summed E-state index contributed by atoms with van der Waals surface area (Å²) in [7, 11) is 0. The van der Waals surface area contributed by atoms with Gasteiger partial charge in [0.25, 0.3) is 5.56 Å². The first-order valence-corrected chi connectivity index (χ1v) is 8.71. The van der Waals surface area contributed by atoms with Crippen LogP contribution < -0.4 is 10.9 Å². The fourth-order valence-corrected chi connectivity index (χ4v) is 3.94. The summed E-state index contributed by atoms with van der Waals surface area (Å²) in [6, 6.07) is 13.0. The standard InChI is InChI=1S/C20H17N3O3/c24-14-9-4-8-13-16(14)17(15-10-5-11-26-15)18-19(21-13)22-23(20(18)25)12-6-2-1-3-7-12/h1-3,5-7,10-11,17,21-22H,4,8-9H2/t17-/m1/s1. The number of hydrogen-bond donors (Lipinski definition) is 2. The molecule has 0 unspecified atom stereocenters. The van der Waals surface area contributed by atoms with Crippen molar-refractivity contribution in [2.75, 3.05) is 5.32 Å². The van der Waals surface area contributed by atoms with E-state index in [4.69, 9.17) is 4.42 Å². The van der Waals surface area contributed by atoms with E-state index in [1.54, 1.807) is 12.3 Å². The lowest BCUT2D eigenvalue weighted by atomic mass is 9.79. The van der Waals surface area contributed by atoms with E-state index < -0.39 is 5.92 Å². The van der Waals surface area contributed by atoms with E-state index in [2.05, 4.69) is 10.4 Å². The summed E-state index contributed by atoms with van der Waals surface area (Å²) >= 11 is 0. The molecule has 1 aromatic carbocycles. The predicted octanol–water partition coefficient (Wildman–Crippen LogP) is 3.32. The molecule has 1 aliphatic carbocycles. The number of benzene rings is 1. The molecule has 2 aliphatic rings. The highest BCUT2D eigenvalue weighted by molar-refractivity contribution is 6.00. The first kappa shape index (κ1) is 15.0. The maximum Gasteiger partial charge on any atom is 0.277 e. The van der Waals surface area contributed by atoms with Crippen LogP contribution >= 0.6 is 0 Å². The molecule has 0 saturated carbocycles. The number of fused-ring (bicyclic) bond motifs is 1. The summed E-state index contributed by atoms with van der Waals surface area (Å²) in [5, 5.41) is 6.46. The number of allylic oxidation sites excluding steroid dienone is 2. The number of hydrogen-bond acceptors (Lipinski definition) is 4. The van der Waals surface area contributed by atoms with Crippen molar-refractivity contribution in [1.29, 1.82) is 0 Å². The topological polar surface area (TPSA) is 80.0 Å². The Hall–Kier alpha value is -3.28. The number of para-hydroxylation sites is 1. The monoisotopic (exact) mass is 347 g/mol. The largest absolute Gasteiger partial charge is 0.468 e. The van der Waals surface area contributed by atoms with E-state index in [1.807, 2.05) is 36.4 Å². The van der Waals surface area contributed by atoms with Gasteiger partial charge in [-0.1, -0.05) is 18.2 Å². The quantitative estimate of drug-likeness (QED) is 0.745. The van der Waals surface area contributed by atoms with Gasteiger partial charge < -0.3 is 9.73 Å². The minimum absolute atomic E-state index is 0.0812. The number of furan rings is 1. The van der Waals surface area contributed by atoms with Gasteiger partial charge in [0.15, 0.2) is 5.78 Å². The molecule has 0 fully saturated rings. The van der Waals surface area contributed by atoms with Gasteiger partial charge >= 0.3 is 0 Å². The fraction of sp³-hybridized carbons (Fsp3) is 0.200. The zero-order valence-electron chi connectivity index (χ0n) is 14.0. The van der Waals surface area contributed by atoms with Gasteiger partial charge in [-0.15, -0.1) is 0 Å². The maximum absolute atomic E-state index is 13.2. The Morgan fingerprint density at radius 3 is 2.65 bits per heavy atom. The van der Waals surface area contributed by atoms with E-state index in [0.29, 0.717) is 29.1 Å². The van der Waals surface area contributed by atoms with Gasteiger partial charge in [0.2, 0.25) is 0 Å². The van der Waals surface area contributed by atoms with Gasteiger partial charge in [-0.25, -0.2) is 4.68 Å². The summed E-state index contributed by atoms with van der Waals surface area (Å²) < 4.78 is 7.13. The average molecular weight is 347 g/mol. The fourth-order valence-electron chi connectivity index (χ4n) is 3.94. The summed E-state index contributed by atoms with van der Waals surface area (Å²) in [6.45, 7) is 0. The number of carbonyl (C=O) groups excluding carboxylic acids is 1. The van der Waals surface area contributed by atoms with Crippen molar-refractivity contribution in [3.05, 3.63) is 81.7 Å². The van der Waals surface area contributed by atoms with E-state index in [0.717, 1.165) is 24.2 Å². The predicted molar refractivity (Wildman–Crippen MR) is 96.4 cm³/mol. The van der Waals surface area contributed by atoms with Crippen LogP contribution in [0.3, 0.4) is 0 Å². The molecule has 2 aromatic heterocycles. The van der Waals surface area contributed by atoms with E-state index in [9.17, 15) is 9.59 Å². The molecule has 1 atom stereocenters. The minimum Gasteiger partial charge on any atom is -0.468 e. The summed E-state index contributed by atoms with van der Waals surface area (Å²) in [5.41, 5.74) is 2.64. The Morgan fingerprint density at radius 1 is 1.04 bits per heavy atom. The molecule has 2 N–H and O–H groups in total. The second-order valence-corrected chi connectivity index (χ2v) is 6.62. The van der Waals surface area contributed by atoms with Gasteiger partial charge in [-0.2, -0.15) is 0 Å². The third kappa shape index (κ3) is 2.12. The van der Waals surface area contributed by atoms with Crippen LogP contribution in [0.25, 0.3) is 5.69 Å². The Morgan fingerprint density at radius 2 is 1.88 bits per heavy atom. The van der Waals surface area contributed by atoms with Crippen molar-refractivity contribution in [3.63, 3.8) is 0 Å². The zero-order chi connectivity index (χ0) is 17.7. The first-order chi connectivity index (χ1) is 12.7. The number of anilines is 1. The lowest BCUT2D eigenvalue weighted by Crippen LogP contribution is -2.29. The molecule has 0 radical (unpaired) electrons. The van der Waals surface area contributed by atoms with Crippen LogP contribution in [0.15, 0.2) is 69.2 Å². The molecule has 5 rings (SSSR count). The Balaban J connectivity index is 1.75. The zero-order valence-corrected chi connectivity index (χ0v) is 14.0. The van der Waals surface area contributed by atoms with Crippen molar-refractivity contribution in [1.82, 2.24) is 9.78 Å². The number of nitrogens with one attached hydrogen (secondary N) is 2. The molecule has 3 heterocycles. The molecule has 0 spiro atoms. The molecule has 6 heteroatoms. The maximum atomic E-state index is 13.2. The highest BCUT2D eigenvalue weighted by atomic mass is 16.3. The lowest BCUT2D eigenvalue weighted by molar-refractivity contribution is -0.116. The highest BCUT2D eigenvalue weighted by Crippen LogP contribution is 2.43. The normalized spacial score (nSPS) is 19.1. The van der Waals surface area contributed by atoms with Crippen LogP contribution in [-0.4, -0.2) is 15.6 Å². The molecular weight excluding hydrogens is 330 g/mol. The molecule has 130 valence electrons. The smallest absolute Gasteiger partial charge is 0.277 e. The highest BCUT2D eigenvalue weighted by Gasteiger charge is 2.40. The second kappa shape index (κ2) is 5.62. The molecule has 0 bridgehead atoms. The van der Waals surface area contributed by atoms with Gasteiger partial charge in [-0.3, -0.25) is 14.7 Å². The number of rotatable bonds is 2. The van der Waals surface area contributed by atoms with Crippen LogP contribution in [0.2, 0.25) is 0 Å². The molecular formula is C20H17N3O3. The van der Waals surface area contributed by atoms with Crippen molar-refractivity contribution < 1.29 is 9.21 Å². The molecule has 0 amide bonds. The third-order valence-corrected chi connectivity index (χ3v) is 5.08. The average Bonchev–Trinajstić information content (AvgIpc) is 3.30. The summed E-state index contributed by atoms with van der Waals surface area (Å²) in [4.78, 5) is 25.9. The number of aromatic nitrogens is 2. The van der Waals surface area contributed by atoms with Crippen LogP contribution in [0.4, 0.5) is 5.82 Å². The summed E-state index contributed by atoms with van der Waals surface area (Å²) in [5.74, 6) is 0.857. The van der Waals surface area contributed by atoms with E-state index >= 15 is 0 Å². The van der Waals surface area contributed by atoms with Crippen molar-refractivity contribution in [3.8, 4) is 5.69 Å². The number of ketones is 1. The van der Waals surface area contributed by atoms with Crippen LogP contribution in [0.5, 0.6) is 0 Å². The van der Waals surface area contributed by atoms with Crippen LogP contribution in [0, 0.1) is 0 Å². The molecule has 0 saturated heterocycles. The van der Waals surface area contributed by atoms with Crippen molar-refractivity contribution in [2.45, 2.75) is 25.2 Å². The Kier molecular flexibility index (Phi) is 3.25. The molecule has 26 heavy (non-hydrogen) atoms. The Labute approximate surface area is 149 Å². The van der Waals surface area contributed by atoms with Crippen molar-refractivity contribution in [2.24, 2.45) is 0 Å². The number of H-pyrrole nitrogens is 1. The van der Waals surface area contributed by atoms with Gasteiger partial charge in [0.1, 0.15) is 11.6 Å². The van der Waals surface area contributed by atoms with Crippen LogP contribution in [-0.2, 0) is 4.79 Å². The molecule has 3 aromatic rings. The Bertz CT molecular complexity index is 1070. The van der Waals surface area contributed by atoms with Gasteiger partial charge in [-0.05, 0) is 37.1 Å². The molecule has 6 nitrogen and oxygen atoms in total. The van der Waals surface area contributed by atoms with Crippen LogP contribution in [0.1, 0.15) is 36.5 Å². The first-order valence-electron chi connectivity index (χ1n) is 8.71. The number of carbonyl (C=O) groups is 1. The van der Waals surface area contributed by atoms with Gasteiger partial charge in [0.05, 0.1) is 23.4 Å².